The topological polar surface area (TPSA) is 49.2 Å². The average Bonchev–Trinajstić information content (AvgIpc) is 2.52. The van der Waals surface area contributed by atoms with Gasteiger partial charge in [0.05, 0.1) is 5.60 Å². The van der Waals surface area contributed by atoms with E-state index in [0.717, 1.165) is 30.0 Å². The first-order valence-electron chi connectivity index (χ1n) is 7.96. The highest BCUT2D eigenvalue weighted by atomic mass is 35.5. The van der Waals surface area contributed by atoms with Crippen LogP contribution in [0.4, 0.5) is 0 Å². The molecule has 1 fully saturated rings. The Hall–Kier alpha value is -1.49. The van der Waals surface area contributed by atoms with Crippen molar-refractivity contribution in [1.82, 2.24) is 14.9 Å². The maximum atomic E-state index is 11.0. The van der Waals surface area contributed by atoms with E-state index in [1.165, 1.54) is 0 Å². The number of likely N-dealkylation sites (tertiary alicyclic amines) is 1. The summed E-state index contributed by atoms with van der Waals surface area (Å²) in [6.07, 6.45) is 5.16. The summed E-state index contributed by atoms with van der Waals surface area (Å²) in [5.74, 6) is 0.788. The third kappa shape index (κ3) is 3.71. The summed E-state index contributed by atoms with van der Waals surface area (Å²) in [6, 6.07) is 7.84. The van der Waals surface area contributed by atoms with Gasteiger partial charge >= 0.3 is 0 Å². The summed E-state index contributed by atoms with van der Waals surface area (Å²) in [5.41, 5.74) is 1.22. The third-order valence-electron chi connectivity index (χ3n) is 4.65. The molecule has 2 aromatic rings. The zero-order valence-corrected chi connectivity index (χ0v) is 14.3. The zero-order chi connectivity index (χ0) is 16.4. The van der Waals surface area contributed by atoms with Crippen molar-refractivity contribution in [2.24, 2.45) is 0 Å². The lowest BCUT2D eigenvalue weighted by Crippen LogP contribution is -2.47. The molecule has 4 nitrogen and oxygen atoms in total. The Labute approximate surface area is 142 Å². The largest absolute Gasteiger partial charge is 0.385 e. The standard InChI is InChI=1S/C18H22ClN3O/c1-13-9-18(23,16-4-3-5-17(19)8-16)6-7-22(13)12-15-10-20-14(2)21-11-15/h3-5,8,10-11,13,23H,6-7,9,12H2,1-2H3/t13-,18+/m0/s1. The lowest BCUT2D eigenvalue weighted by molar-refractivity contribution is -0.0502. The Morgan fingerprint density at radius 3 is 2.74 bits per heavy atom. The molecule has 0 saturated carbocycles. The number of halogens is 1. The number of nitrogens with zero attached hydrogens (tertiary/aromatic N) is 3. The maximum absolute atomic E-state index is 11.0. The summed E-state index contributed by atoms with van der Waals surface area (Å²) >= 11 is 6.08. The van der Waals surface area contributed by atoms with Crippen molar-refractivity contribution in [3.8, 4) is 0 Å². The molecule has 23 heavy (non-hydrogen) atoms. The van der Waals surface area contributed by atoms with Crippen molar-refractivity contribution in [3.05, 3.63) is 58.6 Å². The van der Waals surface area contributed by atoms with Gasteiger partial charge in [-0.2, -0.15) is 0 Å². The SMILES string of the molecule is Cc1ncc(CN2CC[C@](O)(c3cccc(Cl)c3)C[C@@H]2C)cn1. The maximum Gasteiger partial charge on any atom is 0.125 e. The van der Waals surface area contributed by atoms with Gasteiger partial charge in [0.1, 0.15) is 5.82 Å². The molecule has 1 aliphatic heterocycles. The van der Waals surface area contributed by atoms with Gasteiger partial charge in [0.15, 0.2) is 0 Å². The Morgan fingerprint density at radius 1 is 1.35 bits per heavy atom. The van der Waals surface area contributed by atoms with Crippen LogP contribution in [0.25, 0.3) is 0 Å². The van der Waals surface area contributed by atoms with Gasteiger partial charge in [-0.05, 0) is 44.4 Å². The smallest absolute Gasteiger partial charge is 0.125 e. The molecule has 5 heteroatoms. The van der Waals surface area contributed by atoms with Crippen molar-refractivity contribution in [1.29, 1.82) is 0 Å². The Balaban J connectivity index is 1.70. The molecular formula is C18H22ClN3O. The predicted molar refractivity (Wildman–Crippen MR) is 91.2 cm³/mol. The fourth-order valence-corrected chi connectivity index (χ4v) is 3.47. The average molecular weight is 332 g/mol. The molecule has 0 unspecified atom stereocenters. The lowest BCUT2D eigenvalue weighted by atomic mass is 9.81. The molecule has 0 aliphatic carbocycles. The van der Waals surface area contributed by atoms with Crippen LogP contribution in [0.15, 0.2) is 36.7 Å². The Morgan fingerprint density at radius 2 is 2.09 bits per heavy atom. The molecule has 2 atom stereocenters. The van der Waals surface area contributed by atoms with Gasteiger partial charge in [0, 0.05) is 42.1 Å². The predicted octanol–water partition coefficient (Wildman–Crippen LogP) is 3.31. The van der Waals surface area contributed by atoms with E-state index in [2.05, 4.69) is 21.8 Å². The van der Waals surface area contributed by atoms with Crippen LogP contribution in [-0.4, -0.2) is 32.6 Å². The molecule has 0 bridgehead atoms. The van der Waals surface area contributed by atoms with Gasteiger partial charge < -0.3 is 5.11 Å². The Bertz CT molecular complexity index is 676. The lowest BCUT2D eigenvalue weighted by Gasteiger charge is -2.43. The fraction of sp³-hybridized carbons (Fsp3) is 0.444. The van der Waals surface area contributed by atoms with Crippen molar-refractivity contribution >= 4 is 11.6 Å². The van der Waals surface area contributed by atoms with E-state index < -0.39 is 5.60 Å². The minimum Gasteiger partial charge on any atom is -0.385 e. The first-order valence-corrected chi connectivity index (χ1v) is 8.34. The van der Waals surface area contributed by atoms with E-state index in [1.807, 2.05) is 43.6 Å². The van der Waals surface area contributed by atoms with Crippen molar-refractivity contribution < 1.29 is 5.11 Å². The highest BCUT2D eigenvalue weighted by Crippen LogP contribution is 2.37. The van der Waals surface area contributed by atoms with Crippen LogP contribution in [0.3, 0.4) is 0 Å². The van der Waals surface area contributed by atoms with Crippen LogP contribution >= 0.6 is 11.6 Å². The monoisotopic (exact) mass is 331 g/mol. The van der Waals surface area contributed by atoms with Crippen LogP contribution in [0.1, 0.15) is 36.7 Å². The number of aromatic nitrogens is 2. The van der Waals surface area contributed by atoms with Gasteiger partial charge in [-0.25, -0.2) is 9.97 Å². The second-order valence-corrected chi connectivity index (χ2v) is 6.89. The van der Waals surface area contributed by atoms with E-state index in [-0.39, 0.29) is 6.04 Å². The van der Waals surface area contributed by atoms with Crippen LogP contribution in [-0.2, 0) is 12.1 Å². The van der Waals surface area contributed by atoms with Crippen molar-refractivity contribution in [2.75, 3.05) is 6.54 Å². The van der Waals surface area contributed by atoms with Gasteiger partial charge in [0.25, 0.3) is 0 Å². The fourth-order valence-electron chi connectivity index (χ4n) is 3.28. The molecule has 2 heterocycles. The van der Waals surface area contributed by atoms with E-state index in [4.69, 9.17) is 11.6 Å². The molecule has 3 rings (SSSR count). The van der Waals surface area contributed by atoms with Gasteiger partial charge in [0.2, 0.25) is 0 Å². The summed E-state index contributed by atoms with van der Waals surface area (Å²) in [4.78, 5) is 10.9. The molecule has 1 aliphatic rings. The van der Waals surface area contributed by atoms with Crippen molar-refractivity contribution in [3.63, 3.8) is 0 Å². The quantitative estimate of drug-likeness (QED) is 0.937. The van der Waals surface area contributed by atoms with E-state index >= 15 is 0 Å². The molecule has 1 N–H and O–H groups in total. The second-order valence-electron chi connectivity index (χ2n) is 6.45. The van der Waals surface area contributed by atoms with E-state index in [9.17, 15) is 5.11 Å². The molecular weight excluding hydrogens is 310 g/mol. The van der Waals surface area contributed by atoms with Gasteiger partial charge in [-0.3, -0.25) is 4.90 Å². The first kappa shape index (κ1) is 16.4. The number of hydrogen-bond acceptors (Lipinski definition) is 4. The van der Waals surface area contributed by atoms with Crippen LogP contribution < -0.4 is 0 Å². The molecule has 1 aromatic heterocycles. The number of piperidine rings is 1. The zero-order valence-electron chi connectivity index (χ0n) is 13.5. The number of rotatable bonds is 3. The molecule has 1 aromatic carbocycles. The minimum absolute atomic E-state index is 0.272. The van der Waals surface area contributed by atoms with Gasteiger partial charge in [-0.1, -0.05) is 23.7 Å². The molecule has 0 radical (unpaired) electrons. The molecule has 122 valence electrons. The molecule has 1 saturated heterocycles. The molecule has 0 spiro atoms. The minimum atomic E-state index is -0.801. The van der Waals surface area contributed by atoms with Gasteiger partial charge in [-0.15, -0.1) is 0 Å². The Kier molecular flexibility index (Phi) is 4.67. The van der Waals surface area contributed by atoms with Crippen LogP contribution in [0.5, 0.6) is 0 Å². The first-order chi connectivity index (χ1) is 11.0. The van der Waals surface area contributed by atoms with E-state index in [0.29, 0.717) is 17.9 Å². The summed E-state index contributed by atoms with van der Waals surface area (Å²) < 4.78 is 0. The summed E-state index contributed by atoms with van der Waals surface area (Å²) in [6.45, 7) is 5.69. The van der Waals surface area contributed by atoms with Crippen LogP contribution in [0, 0.1) is 6.92 Å². The summed E-state index contributed by atoms with van der Waals surface area (Å²) in [5, 5.41) is 11.7. The number of hydrogen-bond donors (Lipinski definition) is 1. The normalized spacial score (nSPS) is 25.5. The third-order valence-corrected chi connectivity index (χ3v) is 4.89. The highest BCUT2D eigenvalue weighted by Gasteiger charge is 2.37. The van der Waals surface area contributed by atoms with Crippen molar-refractivity contribution in [2.45, 2.75) is 44.9 Å². The number of benzene rings is 1. The second kappa shape index (κ2) is 6.56. The van der Waals surface area contributed by atoms with Crippen LogP contribution in [0.2, 0.25) is 5.02 Å². The highest BCUT2D eigenvalue weighted by molar-refractivity contribution is 6.30. The molecule has 0 amide bonds. The summed E-state index contributed by atoms with van der Waals surface area (Å²) in [7, 11) is 0. The number of aliphatic hydroxyl groups is 1. The number of aryl methyl sites for hydroxylation is 1. The van der Waals surface area contributed by atoms with E-state index in [1.54, 1.807) is 0 Å².